The highest BCUT2D eigenvalue weighted by Gasteiger charge is 2.08. The lowest BCUT2D eigenvalue weighted by atomic mass is 10.0. The molecule has 1 aromatic heterocycles. The smallest absolute Gasteiger partial charge is 0.135 e. The Hall–Kier alpha value is -3.22. The van der Waals surface area contributed by atoms with Gasteiger partial charge < -0.3 is 0 Å². The lowest BCUT2D eigenvalue weighted by Gasteiger charge is -2.02. The van der Waals surface area contributed by atoms with Crippen LogP contribution in [0.1, 0.15) is 10.6 Å². The zero-order valence-corrected chi connectivity index (χ0v) is 14.2. The summed E-state index contributed by atoms with van der Waals surface area (Å²) in [4.78, 5) is 4.57. The number of nitriles is 1. The highest BCUT2D eigenvalue weighted by molar-refractivity contribution is 7.19. The monoisotopic (exact) mass is 338 g/mol. The molecule has 0 saturated carbocycles. The molecule has 3 heteroatoms. The molecule has 0 bridgehead atoms. The minimum Gasteiger partial charge on any atom is -0.235 e. The van der Waals surface area contributed by atoms with E-state index in [1.165, 1.54) is 5.56 Å². The largest absolute Gasteiger partial charge is 0.235 e. The van der Waals surface area contributed by atoms with Crippen molar-refractivity contribution < 1.29 is 0 Å². The lowest BCUT2D eigenvalue weighted by Crippen LogP contribution is -1.82. The molecule has 1 heterocycles. The van der Waals surface area contributed by atoms with E-state index in [0.717, 1.165) is 26.4 Å². The van der Waals surface area contributed by atoms with Crippen LogP contribution < -0.4 is 0 Å². The molecular formula is C22H14N2S. The highest BCUT2D eigenvalue weighted by atomic mass is 32.1. The average molecular weight is 338 g/mol. The first kappa shape index (κ1) is 15.3. The fourth-order valence-electron chi connectivity index (χ4n) is 2.70. The predicted molar refractivity (Wildman–Crippen MR) is 105 cm³/mol. The van der Waals surface area contributed by atoms with E-state index in [9.17, 15) is 5.26 Å². The lowest BCUT2D eigenvalue weighted by molar-refractivity contribution is 1.43. The third-order valence-electron chi connectivity index (χ3n) is 3.97. The maximum atomic E-state index is 9.55. The fraction of sp³-hybridized carbons (Fsp3) is 0. The number of fused-ring (bicyclic) bond motifs is 1. The van der Waals surface area contributed by atoms with E-state index in [-0.39, 0.29) is 0 Å². The highest BCUT2D eigenvalue weighted by Crippen LogP contribution is 2.28. The molecule has 0 aliphatic carbocycles. The molecule has 0 atom stereocenters. The zero-order valence-electron chi connectivity index (χ0n) is 13.4. The number of para-hydroxylation sites is 1. The van der Waals surface area contributed by atoms with Gasteiger partial charge in [0.05, 0.1) is 15.8 Å². The number of benzene rings is 3. The summed E-state index contributed by atoms with van der Waals surface area (Å²) < 4.78 is 1.10. The summed E-state index contributed by atoms with van der Waals surface area (Å²) in [6.45, 7) is 0. The molecule has 0 N–H and O–H groups in total. The molecule has 118 valence electrons. The normalized spacial score (nSPS) is 11.4. The van der Waals surface area contributed by atoms with Gasteiger partial charge in [0, 0.05) is 0 Å². The number of rotatable bonds is 3. The Bertz CT molecular complexity index is 1050. The van der Waals surface area contributed by atoms with Gasteiger partial charge in [0.15, 0.2) is 0 Å². The fourth-order valence-corrected chi connectivity index (χ4v) is 3.63. The molecule has 4 rings (SSSR count). The van der Waals surface area contributed by atoms with Crippen molar-refractivity contribution in [3.05, 3.63) is 89.4 Å². The van der Waals surface area contributed by atoms with Gasteiger partial charge in [0.1, 0.15) is 11.1 Å². The predicted octanol–water partition coefficient (Wildman–Crippen LogP) is 6.03. The average Bonchev–Trinajstić information content (AvgIpc) is 3.11. The summed E-state index contributed by atoms with van der Waals surface area (Å²) in [6.07, 6.45) is 1.90. The van der Waals surface area contributed by atoms with Crippen molar-refractivity contribution in [3.8, 4) is 17.2 Å². The first-order valence-corrected chi connectivity index (χ1v) is 8.78. The van der Waals surface area contributed by atoms with E-state index in [1.807, 2.05) is 60.7 Å². The van der Waals surface area contributed by atoms with Gasteiger partial charge in [-0.15, -0.1) is 11.3 Å². The van der Waals surface area contributed by atoms with Crippen LogP contribution in [0.5, 0.6) is 0 Å². The number of hydrogen-bond donors (Lipinski definition) is 0. The Labute approximate surface area is 150 Å². The number of hydrogen-bond acceptors (Lipinski definition) is 3. The van der Waals surface area contributed by atoms with Crippen LogP contribution in [0.2, 0.25) is 0 Å². The van der Waals surface area contributed by atoms with E-state index >= 15 is 0 Å². The second kappa shape index (κ2) is 6.72. The molecule has 25 heavy (non-hydrogen) atoms. The van der Waals surface area contributed by atoms with Crippen LogP contribution >= 0.6 is 11.3 Å². The summed E-state index contributed by atoms with van der Waals surface area (Å²) in [5, 5.41) is 10.3. The number of thiazole rings is 1. The van der Waals surface area contributed by atoms with Crippen molar-refractivity contribution >= 4 is 33.2 Å². The number of allylic oxidation sites excluding steroid dienone is 1. The van der Waals surface area contributed by atoms with E-state index in [2.05, 4.69) is 35.3 Å². The number of nitrogens with zero attached hydrogens (tertiary/aromatic N) is 2. The van der Waals surface area contributed by atoms with Crippen LogP contribution in [0.3, 0.4) is 0 Å². The molecule has 4 aromatic rings. The van der Waals surface area contributed by atoms with Gasteiger partial charge in [0.25, 0.3) is 0 Å². The summed E-state index contributed by atoms with van der Waals surface area (Å²) in [5.74, 6) is 0. The minimum absolute atomic E-state index is 0.591. The van der Waals surface area contributed by atoms with Crippen molar-refractivity contribution in [2.75, 3.05) is 0 Å². The second-order valence-electron chi connectivity index (χ2n) is 5.64. The van der Waals surface area contributed by atoms with Crippen LogP contribution in [0.15, 0.2) is 78.9 Å². The summed E-state index contributed by atoms with van der Waals surface area (Å²) in [6, 6.07) is 28.7. The summed E-state index contributed by atoms with van der Waals surface area (Å²) in [7, 11) is 0. The SMILES string of the molecule is N#C/C(=C/c1ccc(-c2ccccc2)cc1)c1nc2ccccc2s1. The summed E-state index contributed by atoms with van der Waals surface area (Å²) >= 11 is 1.55. The molecule has 0 fully saturated rings. The van der Waals surface area contributed by atoms with Crippen LogP contribution in [-0.2, 0) is 0 Å². The Balaban J connectivity index is 1.67. The van der Waals surface area contributed by atoms with Gasteiger partial charge >= 0.3 is 0 Å². The molecule has 0 unspecified atom stereocenters. The number of aromatic nitrogens is 1. The van der Waals surface area contributed by atoms with Crippen LogP contribution in [0.25, 0.3) is 33.0 Å². The van der Waals surface area contributed by atoms with Gasteiger partial charge in [-0.1, -0.05) is 66.7 Å². The van der Waals surface area contributed by atoms with Gasteiger partial charge in [-0.05, 0) is 34.9 Å². The van der Waals surface area contributed by atoms with Crippen molar-refractivity contribution in [2.45, 2.75) is 0 Å². The van der Waals surface area contributed by atoms with Gasteiger partial charge in [0.2, 0.25) is 0 Å². The molecule has 3 aromatic carbocycles. The molecule has 0 aliphatic heterocycles. The maximum absolute atomic E-state index is 9.55. The van der Waals surface area contributed by atoms with Gasteiger partial charge in [-0.25, -0.2) is 4.98 Å². The van der Waals surface area contributed by atoms with Crippen molar-refractivity contribution in [3.63, 3.8) is 0 Å². The maximum Gasteiger partial charge on any atom is 0.135 e. The van der Waals surface area contributed by atoms with Crippen LogP contribution in [0, 0.1) is 11.3 Å². The zero-order chi connectivity index (χ0) is 17.1. The second-order valence-corrected chi connectivity index (χ2v) is 6.68. The van der Waals surface area contributed by atoms with Crippen molar-refractivity contribution in [1.29, 1.82) is 5.26 Å². The van der Waals surface area contributed by atoms with E-state index in [1.54, 1.807) is 11.3 Å². The third kappa shape index (κ3) is 3.21. The summed E-state index contributed by atoms with van der Waals surface area (Å²) in [5.41, 5.74) is 4.87. The third-order valence-corrected chi connectivity index (χ3v) is 5.04. The molecular weight excluding hydrogens is 324 g/mol. The molecule has 0 saturated heterocycles. The Kier molecular flexibility index (Phi) is 4.12. The Morgan fingerprint density at radius 2 is 1.52 bits per heavy atom. The topological polar surface area (TPSA) is 36.7 Å². The van der Waals surface area contributed by atoms with Crippen LogP contribution in [0.4, 0.5) is 0 Å². The van der Waals surface area contributed by atoms with Crippen molar-refractivity contribution in [1.82, 2.24) is 4.98 Å². The van der Waals surface area contributed by atoms with Gasteiger partial charge in [-0.2, -0.15) is 5.26 Å². The molecule has 2 nitrogen and oxygen atoms in total. The first-order chi connectivity index (χ1) is 12.3. The standard InChI is InChI=1S/C22H14N2S/c23-15-19(22-24-20-8-4-5-9-21(20)25-22)14-16-10-12-18(13-11-16)17-6-2-1-3-7-17/h1-14H/b19-14-. The molecule has 0 radical (unpaired) electrons. The van der Waals surface area contributed by atoms with E-state index in [0.29, 0.717) is 5.57 Å². The molecule has 0 aliphatic rings. The van der Waals surface area contributed by atoms with Crippen LogP contribution in [-0.4, -0.2) is 4.98 Å². The van der Waals surface area contributed by atoms with Gasteiger partial charge in [-0.3, -0.25) is 0 Å². The molecule has 0 spiro atoms. The Morgan fingerprint density at radius 3 is 2.24 bits per heavy atom. The van der Waals surface area contributed by atoms with Crippen molar-refractivity contribution in [2.24, 2.45) is 0 Å². The van der Waals surface area contributed by atoms with E-state index < -0.39 is 0 Å². The minimum atomic E-state index is 0.591. The van der Waals surface area contributed by atoms with E-state index in [4.69, 9.17) is 0 Å². The Morgan fingerprint density at radius 1 is 0.840 bits per heavy atom. The molecule has 0 amide bonds. The quantitative estimate of drug-likeness (QED) is 0.428. The first-order valence-electron chi connectivity index (χ1n) is 7.97.